The van der Waals surface area contributed by atoms with Gasteiger partial charge in [0.25, 0.3) is 0 Å². The molecule has 0 amide bonds. The van der Waals surface area contributed by atoms with Gasteiger partial charge in [0.2, 0.25) is 0 Å². The average Bonchev–Trinajstić information content (AvgIpc) is 3.01. The van der Waals surface area contributed by atoms with Crippen LogP contribution in [0.5, 0.6) is 0 Å². The first kappa shape index (κ1) is 14.3. The van der Waals surface area contributed by atoms with Crippen LogP contribution in [0, 0.1) is 5.92 Å². The molecule has 1 atom stereocenters. The van der Waals surface area contributed by atoms with Gasteiger partial charge in [0, 0.05) is 11.6 Å². The van der Waals surface area contributed by atoms with E-state index in [-0.39, 0.29) is 12.1 Å². The molecule has 1 aliphatic carbocycles. The van der Waals surface area contributed by atoms with Crippen molar-refractivity contribution in [2.45, 2.75) is 58.0 Å². The fraction of sp³-hybridized carbons (Fsp3) is 1.00. The van der Waals surface area contributed by atoms with Gasteiger partial charge in [-0.15, -0.1) is 0 Å². The lowest BCUT2D eigenvalue weighted by Crippen LogP contribution is -2.47. The highest BCUT2D eigenvalue weighted by Gasteiger charge is 2.31. The van der Waals surface area contributed by atoms with Gasteiger partial charge in [-0.1, -0.05) is 13.8 Å². The smallest absolute Gasteiger partial charge is 0.0610 e. The molecule has 1 unspecified atom stereocenters. The summed E-state index contributed by atoms with van der Waals surface area (Å²) < 4.78 is 0. The fourth-order valence-electron chi connectivity index (χ4n) is 1.80. The molecule has 0 spiro atoms. The third kappa shape index (κ3) is 6.12. The summed E-state index contributed by atoms with van der Waals surface area (Å²) in [6, 6.07) is 0.681. The minimum Gasteiger partial charge on any atom is -0.394 e. The first-order valence-corrected chi connectivity index (χ1v) is 7.67. The van der Waals surface area contributed by atoms with Crippen molar-refractivity contribution in [1.82, 2.24) is 5.32 Å². The number of nitrogens with one attached hydrogen (secondary N) is 1. The summed E-state index contributed by atoms with van der Waals surface area (Å²) in [4.78, 5) is 0. The summed E-state index contributed by atoms with van der Waals surface area (Å²) in [6.07, 6.45) is 4.87. The molecule has 0 aromatic heterocycles. The van der Waals surface area contributed by atoms with Crippen molar-refractivity contribution in [3.8, 4) is 0 Å². The van der Waals surface area contributed by atoms with Crippen LogP contribution in [0.15, 0.2) is 0 Å². The van der Waals surface area contributed by atoms with Gasteiger partial charge in [-0.05, 0) is 50.0 Å². The molecule has 0 radical (unpaired) electrons. The molecule has 96 valence electrons. The molecule has 16 heavy (non-hydrogen) atoms. The minimum atomic E-state index is -0.0421. The second-order valence-corrected chi connectivity index (χ2v) is 6.86. The number of aliphatic hydroxyl groups is 1. The molecule has 0 bridgehead atoms. The van der Waals surface area contributed by atoms with Gasteiger partial charge >= 0.3 is 0 Å². The summed E-state index contributed by atoms with van der Waals surface area (Å²) in [5.41, 5.74) is -0.0421. The molecule has 1 aliphatic rings. The van der Waals surface area contributed by atoms with E-state index < -0.39 is 0 Å². The third-order valence-corrected chi connectivity index (χ3v) is 4.43. The van der Waals surface area contributed by atoms with E-state index in [4.69, 9.17) is 0 Å². The minimum absolute atomic E-state index is 0.0421. The van der Waals surface area contributed by atoms with Gasteiger partial charge in [-0.3, -0.25) is 0 Å². The Morgan fingerprint density at radius 2 is 2.12 bits per heavy atom. The van der Waals surface area contributed by atoms with E-state index >= 15 is 0 Å². The molecule has 1 rings (SSSR count). The van der Waals surface area contributed by atoms with Crippen LogP contribution in [-0.4, -0.2) is 34.8 Å². The molecule has 0 aromatic rings. The van der Waals surface area contributed by atoms with Gasteiger partial charge in [0.05, 0.1) is 6.61 Å². The van der Waals surface area contributed by atoms with Crippen LogP contribution in [0.3, 0.4) is 0 Å². The molecule has 0 aromatic carbocycles. The molecule has 0 saturated heterocycles. The second-order valence-electron chi connectivity index (χ2n) is 5.71. The van der Waals surface area contributed by atoms with Crippen molar-refractivity contribution in [3.05, 3.63) is 0 Å². The Kier molecular flexibility index (Phi) is 6.16. The van der Waals surface area contributed by atoms with Crippen LogP contribution in [0.25, 0.3) is 0 Å². The third-order valence-electron chi connectivity index (χ3n) is 2.95. The van der Waals surface area contributed by atoms with E-state index in [1.807, 2.05) is 11.8 Å². The second kappa shape index (κ2) is 6.87. The first-order valence-electron chi connectivity index (χ1n) is 6.52. The molecule has 3 heteroatoms. The molecule has 0 aliphatic heterocycles. The number of hydrogen-bond donors (Lipinski definition) is 2. The standard InChI is InChI=1S/C13H27NOS/c1-11(2)9-16-8-4-7-13(3,10-15)14-12-5-6-12/h11-12,14-15H,4-10H2,1-3H3. The topological polar surface area (TPSA) is 32.3 Å². The summed E-state index contributed by atoms with van der Waals surface area (Å²) in [5, 5.41) is 13.0. The predicted octanol–water partition coefficient (Wildman–Crippen LogP) is 2.66. The molecule has 2 N–H and O–H groups in total. The summed E-state index contributed by atoms with van der Waals surface area (Å²) >= 11 is 2.04. The van der Waals surface area contributed by atoms with Crippen LogP contribution in [0.4, 0.5) is 0 Å². The van der Waals surface area contributed by atoms with Crippen molar-refractivity contribution in [2.24, 2.45) is 5.92 Å². The number of thioether (sulfide) groups is 1. The van der Waals surface area contributed by atoms with E-state index in [9.17, 15) is 5.11 Å². The van der Waals surface area contributed by atoms with Crippen LogP contribution >= 0.6 is 11.8 Å². The fourth-order valence-corrected chi connectivity index (χ4v) is 2.79. The Balaban J connectivity index is 2.07. The zero-order valence-electron chi connectivity index (χ0n) is 11.0. The van der Waals surface area contributed by atoms with Crippen molar-refractivity contribution in [3.63, 3.8) is 0 Å². The Morgan fingerprint density at radius 1 is 1.44 bits per heavy atom. The van der Waals surface area contributed by atoms with Gasteiger partial charge in [0.15, 0.2) is 0 Å². The van der Waals surface area contributed by atoms with Crippen LogP contribution in [0.2, 0.25) is 0 Å². The maximum atomic E-state index is 9.44. The molecule has 1 saturated carbocycles. The van der Waals surface area contributed by atoms with Crippen molar-refractivity contribution in [2.75, 3.05) is 18.1 Å². The average molecular weight is 245 g/mol. The Hall–Kier alpha value is 0.270. The zero-order valence-corrected chi connectivity index (χ0v) is 11.8. The van der Waals surface area contributed by atoms with E-state index in [1.165, 1.54) is 30.8 Å². The molecule has 2 nitrogen and oxygen atoms in total. The van der Waals surface area contributed by atoms with Crippen molar-refractivity contribution in [1.29, 1.82) is 0 Å². The van der Waals surface area contributed by atoms with E-state index in [0.29, 0.717) is 6.04 Å². The Labute approximate surface area is 105 Å². The summed E-state index contributed by atoms with van der Waals surface area (Å²) in [6.45, 7) is 6.94. The molecule has 1 fully saturated rings. The lowest BCUT2D eigenvalue weighted by atomic mass is 9.97. The Bertz CT molecular complexity index is 194. The normalized spacial score (nSPS) is 20.1. The lowest BCUT2D eigenvalue weighted by molar-refractivity contribution is 0.163. The zero-order chi connectivity index (χ0) is 12.0. The Morgan fingerprint density at radius 3 is 2.62 bits per heavy atom. The summed E-state index contributed by atoms with van der Waals surface area (Å²) in [7, 11) is 0. The molecular weight excluding hydrogens is 218 g/mol. The SMILES string of the molecule is CC(C)CSCCCC(C)(CO)NC1CC1. The van der Waals surface area contributed by atoms with Gasteiger partial charge in [-0.25, -0.2) is 0 Å². The first-order chi connectivity index (χ1) is 7.56. The highest BCUT2D eigenvalue weighted by Crippen LogP contribution is 2.25. The van der Waals surface area contributed by atoms with Crippen molar-refractivity contribution < 1.29 is 5.11 Å². The number of rotatable bonds is 9. The number of hydrogen-bond acceptors (Lipinski definition) is 3. The molecular formula is C13H27NOS. The van der Waals surface area contributed by atoms with Gasteiger partial charge < -0.3 is 10.4 Å². The van der Waals surface area contributed by atoms with Gasteiger partial charge in [0.1, 0.15) is 0 Å². The van der Waals surface area contributed by atoms with E-state index in [0.717, 1.165) is 12.3 Å². The van der Waals surface area contributed by atoms with E-state index in [2.05, 4.69) is 26.1 Å². The van der Waals surface area contributed by atoms with Crippen LogP contribution in [0.1, 0.15) is 46.5 Å². The van der Waals surface area contributed by atoms with Gasteiger partial charge in [-0.2, -0.15) is 11.8 Å². The predicted molar refractivity (Wildman–Crippen MR) is 73.0 cm³/mol. The quantitative estimate of drug-likeness (QED) is 0.613. The number of aliphatic hydroxyl groups excluding tert-OH is 1. The highest BCUT2D eigenvalue weighted by atomic mass is 32.2. The lowest BCUT2D eigenvalue weighted by Gasteiger charge is -2.29. The monoisotopic (exact) mass is 245 g/mol. The maximum Gasteiger partial charge on any atom is 0.0610 e. The maximum absolute atomic E-state index is 9.44. The van der Waals surface area contributed by atoms with Crippen molar-refractivity contribution >= 4 is 11.8 Å². The highest BCUT2D eigenvalue weighted by molar-refractivity contribution is 7.99. The van der Waals surface area contributed by atoms with Crippen LogP contribution < -0.4 is 5.32 Å². The molecule has 0 heterocycles. The van der Waals surface area contributed by atoms with E-state index in [1.54, 1.807) is 0 Å². The largest absolute Gasteiger partial charge is 0.394 e. The van der Waals surface area contributed by atoms with Crippen LogP contribution in [-0.2, 0) is 0 Å². The summed E-state index contributed by atoms with van der Waals surface area (Å²) in [5.74, 6) is 3.27.